The first-order valence-corrected chi connectivity index (χ1v) is 4.78. The molecule has 3 nitrogen and oxygen atoms in total. The Morgan fingerprint density at radius 2 is 1.46 bits per heavy atom. The van der Waals surface area contributed by atoms with Crippen molar-refractivity contribution in [2.45, 2.75) is 39.5 Å². The standard InChI is InChI=1S/C10H15NO2/c1-9(3-4-9)10(2)5-7(12)11-8(13)6-10/h3-6H2,1-2H3,(H,11,12,13). The molecule has 1 saturated carbocycles. The maximum absolute atomic E-state index is 11.2. The van der Waals surface area contributed by atoms with Crippen molar-refractivity contribution in [1.82, 2.24) is 5.32 Å². The van der Waals surface area contributed by atoms with Crippen molar-refractivity contribution in [3.05, 3.63) is 0 Å². The van der Waals surface area contributed by atoms with Crippen molar-refractivity contribution in [1.29, 1.82) is 0 Å². The fraction of sp³-hybridized carbons (Fsp3) is 0.800. The van der Waals surface area contributed by atoms with E-state index >= 15 is 0 Å². The summed E-state index contributed by atoms with van der Waals surface area (Å²) in [5, 5.41) is 2.36. The molecule has 0 unspecified atom stereocenters. The Morgan fingerprint density at radius 1 is 1.00 bits per heavy atom. The lowest BCUT2D eigenvalue weighted by Crippen LogP contribution is -2.46. The predicted octanol–water partition coefficient (Wildman–Crippen LogP) is 1.23. The van der Waals surface area contributed by atoms with Crippen LogP contribution in [0, 0.1) is 10.8 Å². The zero-order valence-corrected chi connectivity index (χ0v) is 8.14. The highest BCUT2D eigenvalue weighted by atomic mass is 16.2. The molecule has 1 saturated heterocycles. The van der Waals surface area contributed by atoms with Crippen LogP contribution < -0.4 is 5.32 Å². The third-order valence-corrected chi connectivity index (χ3v) is 3.84. The third kappa shape index (κ3) is 1.26. The van der Waals surface area contributed by atoms with E-state index in [1.54, 1.807) is 0 Å². The van der Waals surface area contributed by atoms with E-state index in [1.165, 1.54) is 0 Å². The highest BCUT2D eigenvalue weighted by Crippen LogP contribution is 2.61. The molecule has 3 heteroatoms. The summed E-state index contributed by atoms with van der Waals surface area (Å²) >= 11 is 0. The first-order chi connectivity index (χ1) is 5.95. The maximum atomic E-state index is 11.2. The Labute approximate surface area is 77.9 Å². The van der Waals surface area contributed by atoms with Crippen LogP contribution in [-0.2, 0) is 9.59 Å². The molecule has 0 aromatic rings. The first kappa shape index (κ1) is 8.73. The second kappa shape index (κ2) is 2.34. The quantitative estimate of drug-likeness (QED) is 0.618. The van der Waals surface area contributed by atoms with Crippen molar-refractivity contribution in [3.8, 4) is 0 Å². The predicted molar refractivity (Wildman–Crippen MR) is 47.8 cm³/mol. The van der Waals surface area contributed by atoms with Gasteiger partial charge in [0.15, 0.2) is 0 Å². The lowest BCUT2D eigenvalue weighted by molar-refractivity contribution is -0.139. The Bertz CT molecular complexity index is 263. The van der Waals surface area contributed by atoms with Crippen LogP contribution >= 0.6 is 0 Å². The SMILES string of the molecule is CC1(C2(C)CC(=O)NC(=O)C2)CC1. The number of piperidine rings is 1. The van der Waals surface area contributed by atoms with Crippen LogP contribution in [0.25, 0.3) is 0 Å². The second-order valence-corrected chi connectivity index (χ2v) is 4.95. The summed E-state index contributed by atoms with van der Waals surface area (Å²) in [5.41, 5.74) is 0.146. The summed E-state index contributed by atoms with van der Waals surface area (Å²) in [6.45, 7) is 4.25. The Kier molecular flexibility index (Phi) is 1.57. The fourth-order valence-electron chi connectivity index (χ4n) is 2.23. The first-order valence-electron chi connectivity index (χ1n) is 4.78. The number of hydrogen-bond donors (Lipinski definition) is 1. The Hall–Kier alpha value is -0.860. The number of nitrogens with one attached hydrogen (secondary N) is 1. The van der Waals surface area contributed by atoms with E-state index in [9.17, 15) is 9.59 Å². The molecule has 2 aliphatic rings. The normalized spacial score (nSPS) is 29.7. The summed E-state index contributed by atoms with van der Waals surface area (Å²) in [6, 6.07) is 0. The average molecular weight is 181 g/mol. The van der Waals surface area contributed by atoms with E-state index < -0.39 is 0 Å². The topological polar surface area (TPSA) is 46.2 Å². The summed E-state index contributed by atoms with van der Waals surface area (Å²) in [4.78, 5) is 22.5. The van der Waals surface area contributed by atoms with E-state index in [4.69, 9.17) is 0 Å². The average Bonchev–Trinajstić information content (AvgIpc) is 2.65. The molecule has 13 heavy (non-hydrogen) atoms. The van der Waals surface area contributed by atoms with Crippen LogP contribution in [-0.4, -0.2) is 11.8 Å². The molecule has 2 fully saturated rings. The molecule has 0 bridgehead atoms. The minimum Gasteiger partial charge on any atom is -0.296 e. The molecule has 1 N–H and O–H groups in total. The minimum absolute atomic E-state index is 0.0909. The van der Waals surface area contributed by atoms with Gasteiger partial charge in [-0.1, -0.05) is 13.8 Å². The summed E-state index contributed by atoms with van der Waals surface area (Å²) in [7, 11) is 0. The van der Waals surface area contributed by atoms with Gasteiger partial charge in [0, 0.05) is 12.8 Å². The van der Waals surface area contributed by atoms with Crippen LogP contribution in [0.3, 0.4) is 0 Å². The van der Waals surface area contributed by atoms with E-state index in [0.717, 1.165) is 12.8 Å². The van der Waals surface area contributed by atoms with Gasteiger partial charge >= 0.3 is 0 Å². The molecular formula is C10H15NO2. The maximum Gasteiger partial charge on any atom is 0.227 e. The molecular weight excluding hydrogens is 166 g/mol. The van der Waals surface area contributed by atoms with Gasteiger partial charge in [-0.15, -0.1) is 0 Å². The van der Waals surface area contributed by atoms with Gasteiger partial charge in [0.1, 0.15) is 0 Å². The lowest BCUT2D eigenvalue weighted by Gasteiger charge is -2.38. The highest BCUT2D eigenvalue weighted by Gasteiger charge is 2.55. The number of imide groups is 1. The van der Waals surface area contributed by atoms with E-state index in [1.807, 2.05) is 0 Å². The zero-order chi connectivity index (χ0) is 9.69. The van der Waals surface area contributed by atoms with Crippen LogP contribution in [0.2, 0.25) is 0 Å². The van der Waals surface area contributed by atoms with Gasteiger partial charge in [-0.2, -0.15) is 0 Å². The van der Waals surface area contributed by atoms with Gasteiger partial charge in [-0.3, -0.25) is 14.9 Å². The van der Waals surface area contributed by atoms with E-state index in [-0.39, 0.29) is 22.6 Å². The summed E-state index contributed by atoms with van der Waals surface area (Å²) < 4.78 is 0. The van der Waals surface area contributed by atoms with Crippen molar-refractivity contribution in [3.63, 3.8) is 0 Å². The van der Waals surface area contributed by atoms with E-state index in [0.29, 0.717) is 12.8 Å². The molecule has 2 amide bonds. The van der Waals surface area contributed by atoms with Crippen molar-refractivity contribution in [2.24, 2.45) is 10.8 Å². The van der Waals surface area contributed by atoms with Crippen LogP contribution in [0.1, 0.15) is 39.5 Å². The number of carbonyl (C=O) groups is 2. The highest BCUT2D eigenvalue weighted by molar-refractivity contribution is 5.98. The molecule has 0 radical (unpaired) electrons. The molecule has 1 heterocycles. The van der Waals surface area contributed by atoms with Gasteiger partial charge in [-0.25, -0.2) is 0 Å². The summed E-state index contributed by atoms with van der Waals surface area (Å²) in [5.74, 6) is -0.209. The van der Waals surface area contributed by atoms with Crippen LogP contribution in [0.15, 0.2) is 0 Å². The van der Waals surface area contributed by atoms with E-state index in [2.05, 4.69) is 19.2 Å². The molecule has 72 valence electrons. The largest absolute Gasteiger partial charge is 0.296 e. The summed E-state index contributed by atoms with van der Waals surface area (Å²) in [6.07, 6.45) is 3.33. The number of carbonyl (C=O) groups excluding carboxylic acids is 2. The Balaban J connectivity index is 2.22. The molecule has 1 aliphatic carbocycles. The fourth-order valence-corrected chi connectivity index (χ4v) is 2.23. The van der Waals surface area contributed by atoms with Gasteiger partial charge in [0.05, 0.1) is 0 Å². The lowest BCUT2D eigenvalue weighted by atomic mass is 9.68. The zero-order valence-electron chi connectivity index (χ0n) is 8.14. The Morgan fingerprint density at radius 3 is 1.85 bits per heavy atom. The van der Waals surface area contributed by atoms with Crippen LogP contribution in [0.4, 0.5) is 0 Å². The third-order valence-electron chi connectivity index (χ3n) is 3.84. The van der Waals surface area contributed by atoms with Crippen LogP contribution in [0.5, 0.6) is 0 Å². The monoisotopic (exact) mass is 181 g/mol. The molecule has 0 atom stereocenters. The molecule has 2 rings (SSSR count). The number of amides is 2. The number of rotatable bonds is 1. The molecule has 0 aromatic carbocycles. The van der Waals surface area contributed by atoms with Crippen molar-refractivity contribution >= 4 is 11.8 Å². The molecule has 1 aliphatic heterocycles. The smallest absolute Gasteiger partial charge is 0.227 e. The van der Waals surface area contributed by atoms with Gasteiger partial charge in [0.2, 0.25) is 11.8 Å². The van der Waals surface area contributed by atoms with Gasteiger partial charge in [-0.05, 0) is 23.7 Å². The van der Waals surface area contributed by atoms with Gasteiger partial charge in [0.25, 0.3) is 0 Å². The van der Waals surface area contributed by atoms with Gasteiger partial charge < -0.3 is 0 Å². The molecule has 0 spiro atoms. The van der Waals surface area contributed by atoms with Crippen molar-refractivity contribution < 1.29 is 9.59 Å². The number of hydrogen-bond acceptors (Lipinski definition) is 2. The second-order valence-electron chi connectivity index (χ2n) is 4.95. The van der Waals surface area contributed by atoms with Crippen molar-refractivity contribution in [2.75, 3.05) is 0 Å². The molecule has 0 aromatic heterocycles. The minimum atomic E-state index is -0.105.